The number of aromatic amines is 1. The zero-order valence-electron chi connectivity index (χ0n) is 16.1. The third kappa shape index (κ3) is 2.92. The highest BCUT2D eigenvalue weighted by atomic mass is 15.3. The first-order chi connectivity index (χ1) is 13.0. The predicted octanol–water partition coefficient (Wildman–Crippen LogP) is 3.07. The number of aryl methyl sites for hydroxylation is 1. The average molecular weight is 362 g/mol. The molecule has 0 atom stereocenters. The van der Waals surface area contributed by atoms with Gasteiger partial charge in [-0.15, -0.1) is 0 Å². The van der Waals surface area contributed by atoms with Crippen molar-refractivity contribution in [3.63, 3.8) is 0 Å². The van der Waals surface area contributed by atoms with Crippen LogP contribution in [0.15, 0.2) is 31.0 Å². The van der Waals surface area contributed by atoms with E-state index in [4.69, 9.17) is 0 Å². The SMILES string of the molecule is Cc1cc(-c2n[nH]c(-c3cnc(N(C)C)cn3)c2C(C)C)cn2ncnc12. The van der Waals surface area contributed by atoms with Gasteiger partial charge in [-0.2, -0.15) is 10.2 Å². The van der Waals surface area contributed by atoms with Gasteiger partial charge in [-0.05, 0) is 24.5 Å². The van der Waals surface area contributed by atoms with Crippen LogP contribution in [0.2, 0.25) is 0 Å². The van der Waals surface area contributed by atoms with Crippen molar-refractivity contribution in [3.8, 4) is 22.6 Å². The lowest BCUT2D eigenvalue weighted by atomic mass is 9.96. The highest BCUT2D eigenvalue weighted by molar-refractivity contribution is 5.74. The fourth-order valence-electron chi connectivity index (χ4n) is 3.23. The smallest absolute Gasteiger partial charge is 0.158 e. The maximum Gasteiger partial charge on any atom is 0.158 e. The molecule has 4 heterocycles. The molecule has 0 aliphatic rings. The Balaban J connectivity index is 1.85. The first kappa shape index (κ1) is 17.1. The summed E-state index contributed by atoms with van der Waals surface area (Å²) in [6.45, 7) is 6.34. The fourth-order valence-corrected chi connectivity index (χ4v) is 3.23. The van der Waals surface area contributed by atoms with E-state index in [1.54, 1.807) is 23.2 Å². The van der Waals surface area contributed by atoms with E-state index >= 15 is 0 Å². The number of H-pyrrole nitrogens is 1. The molecule has 0 spiro atoms. The fraction of sp³-hybridized carbons (Fsp3) is 0.316. The van der Waals surface area contributed by atoms with Crippen LogP contribution in [0.5, 0.6) is 0 Å². The zero-order valence-corrected chi connectivity index (χ0v) is 16.1. The molecule has 0 radical (unpaired) electrons. The van der Waals surface area contributed by atoms with Crippen LogP contribution in [-0.4, -0.2) is 48.9 Å². The Labute approximate surface area is 157 Å². The Morgan fingerprint density at radius 3 is 2.59 bits per heavy atom. The van der Waals surface area contributed by atoms with Crippen LogP contribution in [0.3, 0.4) is 0 Å². The van der Waals surface area contributed by atoms with Crippen molar-refractivity contribution in [3.05, 3.63) is 42.1 Å². The summed E-state index contributed by atoms with van der Waals surface area (Å²) in [6.07, 6.45) is 7.07. The normalized spacial score (nSPS) is 11.5. The van der Waals surface area contributed by atoms with Crippen molar-refractivity contribution >= 4 is 11.5 Å². The average Bonchev–Trinajstić information content (AvgIpc) is 3.28. The zero-order chi connectivity index (χ0) is 19.1. The van der Waals surface area contributed by atoms with Crippen LogP contribution in [0, 0.1) is 6.92 Å². The number of hydrogen-bond acceptors (Lipinski definition) is 6. The highest BCUT2D eigenvalue weighted by Gasteiger charge is 2.21. The number of rotatable bonds is 4. The Morgan fingerprint density at radius 1 is 1.11 bits per heavy atom. The lowest BCUT2D eigenvalue weighted by Gasteiger charge is -2.12. The molecule has 0 saturated heterocycles. The van der Waals surface area contributed by atoms with Gasteiger partial charge in [-0.25, -0.2) is 19.5 Å². The largest absolute Gasteiger partial charge is 0.361 e. The molecule has 8 heteroatoms. The van der Waals surface area contributed by atoms with Gasteiger partial charge in [0, 0.05) is 31.4 Å². The third-order valence-corrected chi connectivity index (χ3v) is 4.57. The van der Waals surface area contributed by atoms with E-state index in [9.17, 15) is 0 Å². The number of anilines is 1. The van der Waals surface area contributed by atoms with Gasteiger partial charge in [-0.3, -0.25) is 5.10 Å². The van der Waals surface area contributed by atoms with Gasteiger partial charge < -0.3 is 4.90 Å². The minimum absolute atomic E-state index is 0.260. The van der Waals surface area contributed by atoms with E-state index < -0.39 is 0 Å². The Bertz CT molecular complexity index is 1090. The molecule has 4 aromatic rings. The van der Waals surface area contributed by atoms with Gasteiger partial charge in [0.05, 0.1) is 23.8 Å². The minimum atomic E-state index is 0.260. The second-order valence-electron chi connectivity index (χ2n) is 7.11. The summed E-state index contributed by atoms with van der Waals surface area (Å²) in [5.41, 5.74) is 6.59. The summed E-state index contributed by atoms with van der Waals surface area (Å²) in [7, 11) is 3.89. The number of fused-ring (bicyclic) bond motifs is 1. The van der Waals surface area contributed by atoms with Gasteiger partial charge in [0.25, 0.3) is 0 Å². The molecule has 0 aliphatic carbocycles. The number of aromatic nitrogens is 7. The van der Waals surface area contributed by atoms with E-state index in [1.165, 1.54) is 0 Å². The van der Waals surface area contributed by atoms with Gasteiger partial charge in [0.2, 0.25) is 0 Å². The van der Waals surface area contributed by atoms with E-state index in [0.29, 0.717) is 0 Å². The minimum Gasteiger partial charge on any atom is -0.361 e. The van der Waals surface area contributed by atoms with Crippen molar-refractivity contribution in [2.75, 3.05) is 19.0 Å². The molecule has 27 heavy (non-hydrogen) atoms. The third-order valence-electron chi connectivity index (χ3n) is 4.57. The molecule has 0 unspecified atom stereocenters. The summed E-state index contributed by atoms with van der Waals surface area (Å²) >= 11 is 0. The molecule has 0 saturated carbocycles. The van der Waals surface area contributed by atoms with Crippen LogP contribution >= 0.6 is 0 Å². The monoisotopic (exact) mass is 362 g/mol. The second-order valence-corrected chi connectivity index (χ2v) is 7.11. The Hall–Kier alpha value is -3.29. The Kier molecular flexibility index (Phi) is 4.10. The van der Waals surface area contributed by atoms with Crippen LogP contribution < -0.4 is 4.90 Å². The summed E-state index contributed by atoms with van der Waals surface area (Å²) in [4.78, 5) is 15.3. The molecular weight excluding hydrogens is 340 g/mol. The van der Waals surface area contributed by atoms with Gasteiger partial charge >= 0.3 is 0 Å². The standard InChI is InChI=1S/C19H22N8/c1-11(2)16-17(13-6-12(3)19-22-10-23-27(19)9-13)24-25-18(16)14-7-21-15(8-20-14)26(4)5/h6-11H,1-5H3,(H,24,25). The quantitative estimate of drug-likeness (QED) is 0.600. The molecule has 0 amide bonds. The van der Waals surface area contributed by atoms with Crippen molar-refractivity contribution < 1.29 is 0 Å². The molecule has 0 aromatic carbocycles. The number of nitrogens with zero attached hydrogens (tertiary/aromatic N) is 7. The first-order valence-corrected chi connectivity index (χ1v) is 8.84. The number of pyridine rings is 1. The molecule has 4 rings (SSSR count). The molecule has 0 bridgehead atoms. The lowest BCUT2D eigenvalue weighted by Crippen LogP contribution is -2.10. The molecule has 4 aromatic heterocycles. The van der Waals surface area contributed by atoms with Crippen molar-refractivity contribution in [2.24, 2.45) is 0 Å². The topological polar surface area (TPSA) is 87.9 Å². The summed E-state index contributed by atoms with van der Waals surface area (Å²) in [6, 6.07) is 2.09. The van der Waals surface area contributed by atoms with E-state index in [2.05, 4.69) is 50.2 Å². The predicted molar refractivity (Wildman–Crippen MR) is 105 cm³/mol. The maximum absolute atomic E-state index is 4.61. The summed E-state index contributed by atoms with van der Waals surface area (Å²) in [5, 5.41) is 12.1. The maximum atomic E-state index is 4.61. The first-order valence-electron chi connectivity index (χ1n) is 8.84. The van der Waals surface area contributed by atoms with Crippen molar-refractivity contribution in [1.82, 2.24) is 34.8 Å². The van der Waals surface area contributed by atoms with Crippen molar-refractivity contribution in [2.45, 2.75) is 26.7 Å². The number of hydrogen-bond donors (Lipinski definition) is 1. The summed E-state index contributed by atoms with van der Waals surface area (Å²) < 4.78 is 1.79. The lowest BCUT2D eigenvalue weighted by molar-refractivity contribution is 0.869. The molecular formula is C19H22N8. The molecule has 0 aliphatic heterocycles. The van der Waals surface area contributed by atoms with Crippen LogP contribution in [0.4, 0.5) is 5.82 Å². The van der Waals surface area contributed by atoms with Gasteiger partial charge in [0.1, 0.15) is 17.8 Å². The van der Waals surface area contributed by atoms with Gasteiger partial charge in [0.15, 0.2) is 5.65 Å². The van der Waals surface area contributed by atoms with Crippen molar-refractivity contribution in [1.29, 1.82) is 0 Å². The van der Waals surface area contributed by atoms with E-state index in [-0.39, 0.29) is 5.92 Å². The van der Waals surface area contributed by atoms with Crippen LogP contribution in [0.1, 0.15) is 30.9 Å². The van der Waals surface area contributed by atoms with E-state index in [0.717, 1.165) is 45.2 Å². The summed E-state index contributed by atoms with van der Waals surface area (Å²) in [5.74, 6) is 1.08. The molecule has 138 valence electrons. The van der Waals surface area contributed by atoms with Crippen LogP contribution in [0.25, 0.3) is 28.3 Å². The highest BCUT2D eigenvalue weighted by Crippen LogP contribution is 2.35. The second kappa shape index (κ2) is 6.46. The number of nitrogens with one attached hydrogen (secondary N) is 1. The molecule has 0 fully saturated rings. The van der Waals surface area contributed by atoms with E-state index in [1.807, 2.05) is 32.1 Å². The Morgan fingerprint density at radius 2 is 1.93 bits per heavy atom. The van der Waals surface area contributed by atoms with Crippen LogP contribution in [-0.2, 0) is 0 Å². The molecule has 8 nitrogen and oxygen atoms in total. The molecule has 1 N–H and O–H groups in total. The van der Waals surface area contributed by atoms with Gasteiger partial charge in [-0.1, -0.05) is 13.8 Å².